The van der Waals surface area contributed by atoms with E-state index in [0.717, 1.165) is 18.4 Å². The Balaban J connectivity index is 1.91. The summed E-state index contributed by atoms with van der Waals surface area (Å²) < 4.78 is 28.5. The standard InChI is InChI=1S/C13H16N2O3S/c1-9(16)10-2-5-13-11(8-10)6-7-15(13)19(17,18)14-12-3-4-12/h2,5,8,12,14H,3-4,6-7H2,1H3. The first kappa shape index (κ1) is 12.6. The highest BCUT2D eigenvalue weighted by molar-refractivity contribution is 7.90. The van der Waals surface area contributed by atoms with Crippen LogP contribution in [0.15, 0.2) is 18.2 Å². The number of nitrogens with zero attached hydrogens (tertiary/aromatic N) is 1. The van der Waals surface area contributed by atoms with E-state index in [1.165, 1.54) is 11.2 Å². The number of rotatable bonds is 4. The van der Waals surface area contributed by atoms with Crippen LogP contribution in [0.3, 0.4) is 0 Å². The molecule has 0 radical (unpaired) electrons. The fourth-order valence-corrected chi connectivity index (χ4v) is 3.87. The van der Waals surface area contributed by atoms with E-state index in [9.17, 15) is 13.2 Å². The molecule has 0 unspecified atom stereocenters. The second-order valence-electron chi connectivity index (χ2n) is 5.12. The van der Waals surface area contributed by atoms with Gasteiger partial charge in [0.1, 0.15) is 0 Å². The number of hydrogen-bond acceptors (Lipinski definition) is 3. The molecule has 1 aliphatic heterocycles. The van der Waals surface area contributed by atoms with Gasteiger partial charge < -0.3 is 0 Å². The average molecular weight is 280 g/mol. The number of hydrogen-bond donors (Lipinski definition) is 1. The average Bonchev–Trinajstić information content (AvgIpc) is 3.04. The van der Waals surface area contributed by atoms with Gasteiger partial charge in [0.15, 0.2) is 5.78 Å². The van der Waals surface area contributed by atoms with Crippen LogP contribution >= 0.6 is 0 Å². The Kier molecular flexibility index (Phi) is 2.87. The quantitative estimate of drug-likeness (QED) is 0.844. The van der Waals surface area contributed by atoms with Crippen molar-refractivity contribution in [2.45, 2.75) is 32.2 Å². The van der Waals surface area contributed by atoms with Crippen molar-refractivity contribution in [2.75, 3.05) is 10.8 Å². The highest BCUT2D eigenvalue weighted by Gasteiger charge is 2.34. The monoisotopic (exact) mass is 280 g/mol. The molecule has 1 fully saturated rings. The summed E-state index contributed by atoms with van der Waals surface area (Å²) in [5, 5.41) is 0. The van der Waals surface area contributed by atoms with Crippen molar-refractivity contribution in [3.05, 3.63) is 29.3 Å². The molecule has 0 spiro atoms. The molecule has 19 heavy (non-hydrogen) atoms. The predicted molar refractivity (Wildman–Crippen MR) is 72.6 cm³/mol. The van der Waals surface area contributed by atoms with Gasteiger partial charge in [0, 0.05) is 18.2 Å². The molecule has 1 N–H and O–H groups in total. The molecule has 1 aliphatic carbocycles. The zero-order chi connectivity index (χ0) is 13.6. The van der Waals surface area contributed by atoms with Crippen molar-refractivity contribution in [1.29, 1.82) is 0 Å². The Morgan fingerprint density at radius 3 is 2.74 bits per heavy atom. The van der Waals surface area contributed by atoms with Crippen LogP contribution in [0.5, 0.6) is 0 Å². The lowest BCUT2D eigenvalue weighted by Gasteiger charge is -2.19. The lowest BCUT2D eigenvalue weighted by Crippen LogP contribution is -2.40. The summed E-state index contributed by atoms with van der Waals surface area (Å²) >= 11 is 0. The largest absolute Gasteiger partial charge is 0.301 e. The van der Waals surface area contributed by atoms with E-state index in [4.69, 9.17) is 0 Å². The van der Waals surface area contributed by atoms with E-state index >= 15 is 0 Å². The molecule has 3 rings (SSSR count). The van der Waals surface area contributed by atoms with Crippen molar-refractivity contribution < 1.29 is 13.2 Å². The minimum Gasteiger partial charge on any atom is -0.295 e. The van der Waals surface area contributed by atoms with Gasteiger partial charge in [-0.1, -0.05) is 0 Å². The SMILES string of the molecule is CC(=O)c1ccc2c(c1)CCN2S(=O)(=O)NC1CC1. The predicted octanol–water partition coefficient (Wildman–Crippen LogP) is 1.25. The highest BCUT2D eigenvalue weighted by atomic mass is 32.2. The summed E-state index contributed by atoms with van der Waals surface area (Å²) in [7, 11) is -3.44. The van der Waals surface area contributed by atoms with Crippen LogP contribution in [0.2, 0.25) is 0 Å². The zero-order valence-corrected chi connectivity index (χ0v) is 11.5. The first-order chi connectivity index (χ1) is 8.97. The Hall–Kier alpha value is -1.40. The maximum absolute atomic E-state index is 12.2. The summed E-state index contributed by atoms with van der Waals surface area (Å²) in [6.45, 7) is 1.96. The Labute approximate surface area is 112 Å². The molecule has 0 amide bonds. The zero-order valence-electron chi connectivity index (χ0n) is 10.7. The van der Waals surface area contributed by atoms with E-state index in [1.807, 2.05) is 0 Å². The molecular formula is C13H16N2O3S. The van der Waals surface area contributed by atoms with Crippen LogP contribution in [0, 0.1) is 0 Å². The Morgan fingerprint density at radius 1 is 1.37 bits per heavy atom. The van der Waals surface area contributed by atoms with Gasteiger partial charge in [-0.05, 0) is 49.9 Å². The van der Waals surface area contributed by atoms with Crippen LogP contribution in [0.1, 0.15) is 35.7 Å². The summed E-state index contributed by atoms with van der Waals surface area (Å²) in [6, 6.07) is 5.31. The summed E-state index contributed by atoms with van der Waals surface area (Å²) in [5.41, 5.74) is 2.25. The molecule has 1 aromatic carbocycles. The second kappa shape index (κ2) is 4.31. The van der Waals surface area contributed by atoms with Gasteiger partial charge in [0.05, 0.1) is 5.69 Å². The third kappa shape index (κ3) is 2.37. The first-order valence-corrected chi connectivity index (χ1v) is 7.85. The summed E-state index contributed by atoms with van der Waals surface area (Å²) in [5.74, 6) is 0.000197. The van der Waals surface area contributed by atoms with Gasteiger partial charge >= 0.3 is 10.2 Å². The van der Waals surface area contributed by atoms with E-state index in [0.29, 0.717) is 24.2 Å². The highest BCUT2D eigenvalue weighted by Crippen LogP contribution is 2.32. The molecule has 1 aromatic rings. The Bertz CT molecular complexity index is 635. The van der Waals surface area contributed by atoms with Gasteiger partial charge in [-0.2, -0.15) is 13.1 Å². The minimum atomic E-state index is -3.44. The fraction of sp³-hybridized carbons (Fsp3) is 0.462. The third-order valence-electron chi connectivity index (χ3n) is 3.52. The number of fused-ring (bicyclic) bond motifs is 1. The normalized spacial score (nSPS) is 18.5. The molecule has 0 saturated heterocycles. The third-order valence-corrected chi connectivity index (χ3v) is 5.11. The maximum Gasteiger partial charge on any atom is 0.301 e. The number of carbonyl (C=O) groups is 1. The van der Waals surface area contributed by atoms with E-state index in [-0.39, 0.29) is 11.8 Å². The minimum absolute atomic E-state index is 0.000197. The fourth-order valence-electron chi connectivity index (χ4n) is 2.32. The van der Waals surface area contributed by atoms with Gasteiger partial charge in [0.25, 0.3) is 0 Å². The topological polar surface area (TPSA) is 66.5 Å². The van der Waals surface area contributed by atoms with Crippen LogP contribution in [0.25, 0.3) is 0 Å². The lowest BCUT2D eigenvalue weighted by molar-refractivity contribution is 0.101. The van der Waals surface area contributed by atoms with Crippen molar-refractivity contribution in [1.82, 2.24) is 4.72 Å². The van der Waals surface area contributed by atoms with E-state index < -0.39 is 10.2 Å². The summed E-state index contributed by atoms with van der Waals surface area (Å²) in [6.07, 6.45) is 2.49. The molecule has 1 saturated carbocycles. The van der Waals surface area contributed by atoms with Crippen LogP contribution in [-0.4, -0.2) is 26.8 Å². The van der Waals surface area contributed by atoms with Gasteiger partial charge in [-0.3, -0.25) is 9.10 Å². The molecule has 6 heteroatoms. The molecule has 5 nitrogen and oxygen atoms in total. The molecular weight excluding hydrogens is 264 g/mol. The van der Waals surface area contributed by atoms with Crippen molar-refractivity contribution in [3.8, 4) is 0 Å². The molecule has 102 valence electrons. The lowest BCUT2D eigenvalue weighted by atomic mass is 10.1. The van der Waals surface area contributed by atoms with Crippen LogP contribution in [-0.2, 0) is 16.6 Å². The second-order valence-corrected chi connectivity index (χ2v) is 6.75. The number of benzene rings is 1. The van der Waals surface area contributed by atoms with E-state index in [2.05, 4.69) is 4.72 Å². The number of anilines is 1. The molecule has 0 aromatic heterocycles. The van der Waals surface area contributed by atoms with Crippen molar-refractivity contribution in [3.63, 3.8) is 0 Å². The molecule has 2 aliphatic rings. The maximum atomic E-state index is 12.2. The smallest absolute Gasteiger partial charge is 0.295 e. The van der Waals surface area contributed by atoms with E-state index in [1.54, 1.807) is 18.2 Å². The van der Waals surface area contributed by atoms with Crippen LogP contribution in [0.4, 0.5) is 5.69 Å². The number of ketones is 1. The first-order valence-electron chi connectivity index (χ1n) is 6.41. The number of Topliss-reactive ketones (excluding diaryl/α,β-unsaturated/α-hetero) is 1. The molecule has 1 heterocycles. The number of nitrogens with one attached hydrogen (secondary N) is 1. The van der Waals surface area contributed by atoms with Gasteiger partial charge in [-0.25, -0.2) is 0 Å². The van der Waals surface area contributed by atoms with Crippen molar-refractivity contribution in [2.24, 2.45) is 0 Å². The van der Waals surface area contributed by atoms with Crippen LogP contribution < -0.4 is 9.03 Å². The summed E-state index contributed by atoms with van der Waals surface area (Å²) in [4.78, 5) is 11.3. The van der Waals surface area contributed by atoms with Crippen molar-refractivity contribution >= 4 is 21.7 Å². The molecule has 0 atom stereocenters. The molecule has 0 bridgehead atoms. The van der Waals surface area contributed by atoms with Gasteiger partial charge in [-0.15, -0.1) is 0 Å². The number of carbonyl (C=O) groups excluding carboxylic acids is 1. The van der Waals surface area contributed by atoms with Gasteiger partial charge in [0.2, 0.25) is 0 Å². The Morgan fingerprint density at radius 2 is 2.11 bits per heavy atom.